The highest BCUT2D eigenvalue weighted by molar-refractivity contribution is 5.28. The van der Waals surface area contributed by atoms with E-state index in [1.165, 1.54) is 5.56 Å². The third-order valence-electron chi connectivity index (χ3n) is 3.29. The third-order valence-corrected chi connectivity index (χ3v) is 3.29. The van der Waals surface area contributed by atoms with Gasteiger partial charge in [0.15, 0.2) is 0 Å². The second kappa shape index (κ2) is 4.36. The number of benzene rings is 1. The standard InChI is InChI=1S/C14H22O/c1-10(2)12-6-8-13(9-7-12)14(5,15)11(3)4/h6-11,15H,1-5H3/t14-/m0/s1. The highest BCUT2D eigenvalue weighted by Gasteiger charge is 2.26. The molecule has 1 rings (SSSR count). The number of hydrogen-bond donors (Lipinski definition) is 1. The molecule has 0 bridgehead atoms. The maximum Gasteiger partial charge on any atom is 0.0891 e. The van der Waals surface area contributed by atoms with Crippen LogP contribution in [0.3, 0.4) is 0 Å². The molecule has 0 aliphatic carbocycles. The topological polar surface area (TPSA) is 20.2 Å². The van der Waals surface area contributed by atoms with Gasteiger partial charge in [0.2, 0.25) is 0 Å². The van der Waals surface area contributed by atoms with Crippen LogP contribution in [0.15, 0.2) is 24.3 Å². The zero-order valence-electron chi connectivity index (χ0n) is 10.4. The second-order valence-electron chi connectivity index (χ2n) is 5.08. The van der Waals surface area contributed by atoms with Crippen LogP contribution in [0.25, 0.3) is 0 Å². The molecule has 0 radical (unpaired) electrons. The molecule has 0 spiro atoms. The molecule has 0 saturated carbocycles. The predicted octanol–water partition coefficient (Wildman–Crippen LogP) is 3.67. The average Bonchev–Trinajstić information content (AvgIpc) is 2.17. The SMILES string of the molecule is CC(C)c1ccc([C@@](C)(O)C(C)C)cc1. The Bertz CT molecular complexity index is 307. The summed E-state index contributed by atoms with van der Waals surface area (Å²) in [7, 11) is 0. The van der Waals surface area contributed by atoms with E-state index in [1.807, 2.05) is 32.9 Å². The normalized spacial score (nSPS) is 15.7. The average molecular weight is 206 g/mol. The van der Waals surface area contributed by atoms with Gasteiger partial charge in [0, 0.05) is 0 Å². The van der Waals surface area contributed by atoms with Gasteiger partial charge in [0.1, 0.15) is 0 Å². The molecule has 1 aromatic rings. The largest absolute Gasteiger partial charge is 0.385 e. The quantitative estimate of drug-likeness (QED) is 0.800. The molecule has 0 fully saturated rings. The van der Waals surface area contributed by atoms with Crippen molar-refractivity contribution in [1.29, 1.82) is 0 Å². The van der Waals surface area contributed by atoms with Gasteiger partial charge >= 0.3 is 0 Å². The van der Waals surface area contributed by atoms with E-state index >= 15 is 0 Å². The summed E-state index contributed by atoms with van der Waals surface area (Å²) in [4.78, 5) is 0. The summed E-state index contributed by atoms with van der Waals surface area (Å²) in [6, 6.07) is 8.29. The molecule has 0 amide bonds. The van der Waals surface area contributed by atoms with Crippen molar-refractivity contribution < 1.29 is 5.11 Å². The summed E-state index contributed by atoms with van der Waals surface area (Å²) in [5.41, 5.74) is 1.59. The summed E-state index contributed by atoms with van der Waals surface area (Å²) in [5, 5.41) is 10.3. The van der Waals surface area contributed by atoms with Crippen molar-refractivity contribution >= 4 is 0 Å². The molecule has 0 aliphatic heterocycles. The van der Waals surface area contributed by atoms with Gasteiger partial charge in [-0.25, -0.2) is 0 Å². The lowest BCUT2D eigenvalue weighted by Gasteiger charge is -2.28. The van der Waals surface area contributed by atoms with E-state index in [0.717, 1.165) is 5.56 Å². The van der Waals surface area contributed by atoms with Crippen LogP contribution in [-0.4, -0.2) is 5.11 Å². The predicted molar refractivity (Wildman–Crippen MR) is 64.9 cm³/mol. The third kappa shape index (κ3) is 2.60. The Kier molecular flexibility index (Phi) is 3.56. The van der Waals surface area contributed by atoms with Crippen LogP contribution >= 0.6 is 0 Å². The zero-order valence-corrected chi connectivity index (χ0v) is 10.4. The van der Waals surface area contributed by atoms with Gasteiger partial charge in [-0.05, 0) is 29.9 Å². The molecule has 1 N–H and O–H groups in total. The minimum Gasteiger partial charge on any atom is -0.385 e. The van der Waals surface area contributed by atoms with Gasteiger partial charge in [0.25, 0.3) is 0 Å². The molecule has 15 heavy (non-hydrogen) atoms. The first-order valence-corrected chi connectivity index (χ1v) is 5.68. The van der Waals surface area contributed by atoms with Crippen molar-refractivity contribution in [2.75, 3.05) is 0 Å². The molecule has 0 heterocycles. The molecule has 0 saturated heterocycles. The highest BCUT2D eigenvalue weighted by atomic mass is 16.3. The van der Waals surface area contributed by atoms with Gasteiger partial charge in [-0.15, -0.1) is 0 Å². The molecule has 0 aliphatic rings. The van der Waals surface area contributed by atoms with Gasteiger partial charge in [-0.3, -0.25) is 0 Å². The van der Waals surface area contributed by atoms with Crippen LogP contribution in [0.4, 0.5) is 0 Å². The first kappa shape index (κ1) is 12.3. The van der Waals surface area contributed by atoms with E-state index in [0.29, 0.717) is 5.92 Å². The van der Waals surface area contributed by atoms with Crippen LogP contribution in [0.1, 0.15) is 51.7 Å². The molecule has 84 valence electrons. The lowest BCUT2D eigenvalue weighted by atomic mass is 9.84. The van der Waals surface area contributed by atoms with E-state index in [4.69, 9.17) is 0 Å². The van der Waals surface area contributed by atoms with Crippen LogP contribution in [0, 0.1) is 5.92 Å². The Balaban J connectivity index is 2.98. The molecule has 1 atom stereocenters. The fourth-order valence-corrected chi connectivity index (χ4v) is 1.54. The highest BCUT2D eigenvalue weighted by Crippen LogP contribution is 2.29. The molecule has 0 unspecified atom stereocenters. The fraction of sp³-hybridized carbons (Fsp3) is 0.571. The van der Waals surface area contributed by atoms with Crippen molar-refractivity contribution in [2.24, 2.45) is 5.92 Å². The number of hydrogen-bond acceptors (Lipinski definition) is 1. The van der Waals surface area contributed by atoms with E-state index in [2.05, 4.69) is 26.0 Å². The smallest absolute Gasteiger partial charge is 0.0891 e. The Morgan fingerprint density at radius 2 is 1.47 bits per heavy atom. The minimum atomic E-state index is -0.727. The molecule has 0 aromatic heterocycles. The van der Waals surface area contributed by atoms with E-state index in [-0.39, 0.29) is 5.92 Å². The Morgan fingerprint density at radius 3 is 1.80 bits per heavy atom. The van der Waals surface area contributed by atoms with Crippen molar-refractivity contribution in [3.05, 3.63) is 35.4 Å². The number of rotatable bonds is 3. The van der Waals surface area contributed by atoms with Crippen LogP contribution in [0.5, 0.6) is 0 Å². The summed E-state index contributed by atoms with van der Waals surface area (Å²) < 4.78 is 0. The van der Waals surface area contributed by atoms with E-state index in [1.54, 1.807) is 0 Å². The van der Waals surface area contributed by atoms with E-state index in [9.17, 15) is 5.11 Å². The maximum absolute atomic E-state index is 10.3. The lowest BCUT2D eigenvalue weighted by molar-refractivity contribution is 0.00903. The monoisotopic (exact) mass is 206 g/mol. The molecular weight excluding hydrogens is 184 g/mol. The summed E-state index contributed by atoms with van der Waals surface area (Å²) >= 11 is 0. The Hall–Kier alpha value is -0.820. The van der Waals surface area contributed by atoms with Crippen molar-refractivity contribution in [3.8, 4) is 0 Å². The zero-order chi connectivity index (χ0) is 11.6. The van der Waals surface area contributed by atoms with Gasteiger partial charge in [-0.1, -0.05) is 52.0 Å². The first-order valence-electron chi connectivity index (χ1n) is 5.68. The summed E-state index contributed by atoms with van der Waals surface area (Å²) in [6.45, 7) is 10.3. The Morgan fingerprint density at radius 1 is 1.00 bits per heavy atom. The van der Waals surface area contributed by atoms with Crippen molar-refractivity contribution in [2.45, 2.75) is 46.1 Å². The fourth-order valence-electron chi connectivity index (χ4n) is 1.54. The summed E-state index contributed by atoms with van der Waals surface area (Å²) in [6.07, 6.45) is 0. The number of aliphatic hydroxyl groups is 1. The first-order chi connectivity index (χ1) is 6.85. The molecular formula is C14H22O. The van der Waals surface area contributed by atoms with Crippen molar-refractivity contribution in [1.82, 2.24) is 0 Å². The van der Waals surface area contributed by atoms with Gasteiger partial charge in [0.05, 0.1) is 5.60 Å². The lowest BCUT2D eigenvalue weighted by Crippen LogP contribution is -2.27. The Labute approximate surface area is 93.1 Å². The summed E-state index contributed by atoms with van der Waals surface area (Å²) in [5.74, 6) is 0.769. The van der Waals surface area contributed by atoms with E-state index < -0.39 is 5.60 Å². The maximum atomic E-state index is 10.3. The van der Waals surface area contributed by atoms with Crippen molar-refractivity contribution in [3.63, 3.8) is 0 Å². The minimum absolute atomic E-state index is 0.224. The van der Waals surface area contributed by atoms with Crippen LogP contribution in [0.2, 0.25) is 0 Å². The molecule has 1 nitrogen and oxygen atoms in total. The molecule has 1 aromatic carbocycles. The second-order valence-corrected chi connectivity index (χ2v) is 5.08. The van der Waals surface area contributed by atoms with Crippen LogP contribution < -0.4 is 0 Å². The van der Waals surface area contributed by atoms with Gasteiger partial charge < -0.3 is 5.11 Å². The molecule has 1 heteroatoms. The van der Waals surface area contributed by atoms with Gasteiger partial charge in [-0.2, -0.15) is 0 Å². The van der Waals surface area contributed by atoms with Crippen LogP contribution in [-0.2, 0) is 5.60 Å².